The van der Waals surface area contributed by atoms with E-state index in [-0.39, 0.29) is 17.6 Å². The Bertz CT molecular complexity index is 542. The number of benzene rings is 1. The molecule has 0 unspecified atom stereocenters. The lowest BCUT2D eigenvalue weighted by Gasteiger charge is -2.31. The summed E-state index contributed by atoms with van der Waals surface area (Å²) in [5, 5.41) is 8.83. The first-order valence-corrected chi connectivity index (χ1v) is 7.52. The van der Waals surface area contributed by atoms with Gasteiger partial charge in [-0.15, -0.1) is 0 Å². The average molecular weight is 303 g/mol. The number of hydrogen-bond donors (Lipinski definition) is 1. The van der Waals surface area contributed by atoms with Gasteiger partial charge in [0.25, 0.3) is 0 Å². The minimum Gasteiger partial charge on any atom is -0.478 e. The predicted molar refractivity (Wildman–Crippen MR) is 83.7 cm³/mol. The monoisotopic (exact) mass is 303 g/mol. The van der Waals surface area contributed by atoms with Gasteiger partial charge in [0.2, 0.25) is 5.91 Å². The molecule has 2 rings (SSSR count). The molecule has 5 nitrogen and oxygen atoms in total. The predicted octanol–water partition coefficient (Wildman–Crippen LogP) is 2.43. The molecule has 1 aromatic carbocycles. The van der Waals surface area contributed by atoms with Crippen LogP contribution in [0, 0.1) is 0 Å². The molecule has 1 amide bonds. The molecule has 0 spiro atoms. The van der Waals surface area contributed by atoms with E-state index < -0.39 is 5.97 Å². The van der Waals surface area contributed by atoms with Crippen molar-refractivity contribution in [3.05, 3.63) is 41.5 Å². The number of nitrogens with zero attached hydrogens (tertiary/aromatic N) is 1. The van der Waals surface area contributed by atoms with Crippen LogP contribution in [0.1, 0.15) is 35.7 Å². The lowest BCUT2D eigenvalue weighted by molar-refractivity contribution is -0.128. The third kappa shape index (κ3) is 4.43. The van der Waals surface area contributed by atoms with Gasteiger partial charge in [-0.2, -0.15) is 0 Å². The molecule has 0 bridgehead atoms. The normalized spacial score (nSPS) is 16.1. The topological polar surface area (TPSA) is 66.8 Å². The molecule has 118 valence electrons. The molecule has 0 aliphatic carbocycles. The molecule has 1 fully saturated rings. The van der Waals surface area contributed by atoms with Crippen LogP contribution in [0.5, 0.6) is 0 Å². The zero-order valence-corrected chi connectivity index (χ0v) is 12.7. The number of rotatable bonds is 5. The zero-order chi connectivity index (χ0) is 15.9. The van der Waals surface area contributed by atoms with E-state index in [9.17, 15) is 9.59 Å². The summed E-state index contributed by atoms with van der Waals surface area (Å²) < 4.78 is 5.57. The van der Waals surface area contributed by atoms with Crippen molar-refractivity contribution in [3.63, 3.8) is 0 Å². The summed E-state index contributed by atoms with van der Waals surface area (Å²) >= 11 is 0. The molecule has 1 N–H and O–H groups in total. The summed E-state index contributed by atoms with van der Waals surface area (Å²) in [4.78, 5) is 24.7. The van der Waals surface area contributed by atoms with Crippen LogP contribution in [0.3, 0.4) is 0 Å². The fraction of sp³-hybridized carbons (Fsp3) is 0.412. The average Bonchev–Trinajstić information content (AvgIpc) is 2.54. The lowest BCUT2D eigenvalue weighted by atomic mass is 10.1. The van der Waals surface area contributed by atoms with Gasteiger partial charge in [-0.05, 0) is 43.5 Å². The van der Waals surface area contributed by atoms with Crippen LogP contribution in [-0.4, -0.2) is 47.7 Å². The van der Waals surface area contributed by atoms with E-state index in [1.54, 1.807) is 18.2 Å². The number of carbonyl (C=O) groups excluding carboxylic acids is 1. The van der Waals surface area contributed by atoms with Gasteiger partial charge in [-0.25, -0.2) is 4.79 Å². The van der Waals surface area contributed by atoms with E-state index >= 15 is 0 Å². The minimum atomic E-state index is -0.955. The summed E-state index contributed by atoms with van der Waals surface area (Å²) in [6.45, 7) is 4.12. The minimum absolute atomic E-state index is 0.0164. The second-order valence-electron chi connectivity index (χ2n) is 5.24. The van der Waals surface area contributed by atoms with Crippen LogP contribution < -0.4 is 0 Å². The molecular formula is C17H21NO4. The summed E-state index contributed by atoms with van der Waals surface area (Å²) in [6, 6.07) is 6.43. The van der Waals surface area contributed by atoms with Crippen LogP contribution in [0.4, 0.5) is 0 Å². The van der Waals surface area contributed by atoms with Crippen molar-refractivity contribution in [2.45, 2.75) is 25.9 Å². The molecule has 0 aromatic heterocycles. The van der Waals surface area contributed by atoms with Crippen molar-refractivity contribution in [2.75, 3.05) is 19.7 Å². The van der Waals surface area contributed by atoms with E-state index in [0.717, 1.165) is 18.4 Å². The van der Waals surface area contributed by atoms with Crippen LogP contribution in [-0.2, 0) is 9.53 Å². The van der Waals surface area contributed by atoms with Crippen molar-refractivity contribution in [1.29, 1.82) is 0 Å². The number of likely N-dealkylation sites (tertiary alicyclic amines) is 1. The first-order valence-electron chi connectivity index (χ1n) is 7.52. The van der Waals surface area contributed by atoms with Crippen molar-refractivity contribution < 1.29 is 19.4 Å². The SMILES string of the molecule is CCOC1CCN(C(=O)/C=C/c2ccc(C(=O)O)cc2)CC1. The Morgan fingerprint density at radius 3 is 2.45 bits per heavy atom. The number of carboxylic acid groups (broad SMARTS) is 1. The van der Waals surface area contributed by atoms with Gasteiger partial charge < -0.3 is 14.7 Å². The van der Waals surface area contributed by atoms with Gasteiger partial charge in [0, 0.05) is 25.8 Å². The van der Waals surface area contributed by atoms with Crippen molar-refractivity contribution in [1.82, 2.24) is 4.90 Å². The molecule has 1 aromatic rings. The number of carboxylic acids is 1. The third-order valence-corrected chi connectivity index (χ3v) is 3.73. The first kappa shape index (κ1) is 16.2. The highest BCUT2D eigenvalue weighted by Gasteiger charge is 2.21. The van der Waals surface area contributed by atoms with E-state index in [1.807, 2.05) is 11.8 Å². The largest absolute Gasteiger partial charge is 0.478 e. The lowest BCUT2D eigenvalue weighted by Crippen LogP contribution is -2.40. The summed E-state index contributed by atoms with van der Waals surface area (Å²) in [5.74, 6) is -0.971. The van der Waals surface area contributed by atoms with Gasteiger partial charge in [-0.1, -0.05) is 12.1 Å². The Morgan fingerprint density at radius 2 is 1.91 bits per heavy atom. The fourth-order valence-corrected chi connectivity index (χ4v) is 2.49. The van der Waals surface area contributed by atoms with E-state index in [4.69, 9.17) is 9.84 Å². The molecule has 0 atom stereocenters. The Morgan fingerprint density at radius 1 is 1.27 bits per heavy atom. The first-order chi connectivity index (χ1) is 10.6. The number of ether oxygens (including phenoxy) is 1. The highest BCUT2D eigenvalue weighted by atomic mass is 16.5. The molecule has 5 heteroatoms. The van der Waals surface area contributed by atoms with Gasteiger partial charge in [0.15, 0.2) is 0 Å². The summed E-state index contributed by atoms with van der Waals surface area (Å²) in [6.07, 6.45) is 5.27. The quantitative estimate of drug-likeness (QED) is 0.848. The van der Waals surface area contributed by atoms with Crippen LogP contribution in [0.2, 0.25) is 0 Å². The van der Waals surface area contributed by atoms with Crippen LogP contribution in [0.15, 0.2) is 30.3 Å². The van der Waals surface area contributed by atoms with Gasteiger partial charge in [0.05, 0.1) is 11.7 Å². The van der Waals surface area contributed by atoms with E-state index in [0.29, 0.717) is 19.7 Å². The third-order valence-electron chi connectivity index (χ3n) is 3.73. The molecule has 1 heterocycles. The van der Waals surface area contributed by atoms with Crippen molar-refractivity contribution >= 4 is 18.0 Å². The molecule has 0 saturated carbocycles. The highest BCUT2D eigenvalue weighted by Crippen LogP contribution is 2.14. The fourth-order valence-electron chi connectivity index (χ4n) is 2.49. The Hall–Kier alpha value is -2.14. The van der Waals surface area contributed by atoms with Gasteiger partial charge >= 0.3 is 5.97 Å². The number of piperidine rings is 1. The smallest absolute Gasteiger partial charge is 0.335 e. The molecule has 22 heavy (non-hydrogen) atoms. The Balaban J connectivity index is 1.87. The maximum atomic E-state index is 12.1. The van der Waals surface area contributed by atoms with Gasteiger partial charge in [-0.3, -0.25) is 4.79 Å². The van der Waals surface area contributed by atoms with Crippen molar-refractivity contribution in [2.24, 2.45) is 0 Å². The van der Waals surface area contributed by atoms with Gasteiger partial charge in [0.1, 0.15) is 0 Å². The van der Waals surface area contributed by atoms with E-state index in [1.165, 1.54) is 18.2 Å². The Labute approximate surface area is 130 Å². The standard InChI is InChI=1S/C17H21NO4/c1-2-22-15-9-11-18(12-10-15)16(19)8-5-13-3-6-14(7-4-13)17(20)21/h3-8,15H,2,9-12H2,1H3,(H,20,21)/b8-5+. The molecular weight excluding hydrogens is 282 g/mol. The maximum Gasteiger partial charge on any atom is 0.335 e. The molecule has 1 aliphatic heterocycles. The summed E-state index contributed by atoms with van der Waals surface area (Å²) in [7, 11) is 0. The van der Waals surface area contributed by atoms with Crippen molar-refractivity contribution in [3.8, 4) is 0 Å². The van der Waals surface area contributed by atoms with Crippen LogP contribution in [0.25, 0.3) is 6.08 Å². The molecule has 0 radical (unpaired) electrons. The zero-order valence-electron chi connectivity index (χ0n) is 12.7. The maximum absolute atomic E-state index is 12.1. The second-order valence-corrected chi connectivity index (χ2v) is 5.24. The van der Waals surface area contributed by atoms with Crippen LogP contribution >= 0.6 is 0 Å². The number of aromatic carboxylic acids is 1. The highest BCUT2D eigenvalue weighted by molar-refractivity contribution is 5.92. The number of hydrogen-bond acceptors (Lipinski definition) is 3. The number of amides is 1. The Kier molecular flexibility index (Phi) is 5.72. The molecule has 1 aliphatic rings. The summed E-state index contributed by atoms with van der Waals surface area (Å²) in [5.41, 5.74) is 1.05. The second kappa shape index (κ2) is 7.75. The number of carbonyl (C=O) groups is 2. The van der Waals surface area contributed by atoms with E-state index in [2.05, 4.69) is 0 Å². The molecule has 1 saturated heterocycles.